The molecule has 0 aliphatic carbocycles. The highest BCUT2D eigenvalue weighted by Crippen LogP contribution is 2.34. The summed E-state index contributed by atoms with van der Waals surface area (Å²) in [5.74, 6) is -1.90. The van der Waals surface area contributed by atoms with Crippen LogP contribution in [0.1, 0.15) is 23.2 Å². The molecule has 1 rings (SSSR count). The van der Waals surface area contributed by atoms with Crippen molar-refractivity contribution in [3.63, 3.8) is 0 Å². The van der Waals surface area contributed by atoms with E-state index < -0.39 is 30.1 Å². The van der Waals surface area contributed by atoms with Gasteiger partial charge in [-0.3, -0.25) is 9.78 Å². The van der Waals surface area contributed by atoms with E-state index in [1.54, 1.807) is 0 Å². The Morgan fingerprint density at radius 3 is 2.62 bits per heavy atom. The van der Waals surface area contributed by atoms with Crippen LogP contribution in [0.3, 0.4) is 0 Å². The number of hydrogen-bond acceptors (Lipinski definition) is 3. The molecular formula is C9H8BrF2NO3. The summed E-state index contributed by atoms with van der Waals surface area (Å²) >= 11 is 2.98. The minimum absolute atomic E-state index is 0.0597. The molecule has 0 unspecified atom stereocenters. The SMILES string of the molecule is O=C(O)Cc1cnc(CBr)c(O)c1C(F)F. The van der Waals surface area contributed by atoms with Crippen LogP contribution in [0, 0.1) is 0 Å². The van der Waals surface area contributed by atoms with Crippen LogP contribution in [0.5, 0.6) is 5.75 Å². The zero-order chi connectivity index (χ0) is 12.3. The summed E-state index contributed by atoms with van der Waals surface area (Å²) in [4.78, 5) is 14.1. The molecule has 0 amide bonds. The summed E-state index contributed by atoms with van der Waals surface area (Å²) < 4.78 is 25.3. The largest absolute Gasteiger partial charge is 0.505 e. The zero-order valence-corrected chi connectivity index (χ0v) is 9.54. The summed E-state index contributed by atoms with van der Waals surface area (Å²) in [6.45, 7) is 0. The molecule has 0 saturated heterocycles. The number of aromatic nitrogens is 1. The van der Waals surface area contributed by atoms with Crippen molar-refractivity contribution >= 4 is 21.9 Å². The van der Waals surface area contributed by atoms with E-state index in [1.807, 2.05) is 0 Å². The maximum absolute atomic E-state index is 12.7. The monoisotopic (exact) mass is 295 g/mol. The number of rotatable bonds is 4. The fourth-order valence-corrected chi connectivity index (χ4v) is 1.65. The van der Waals surface area contributed by atoms with Gasteiger partial charge in [-0.2, -0.15) is 0 Å². The highest BCUT2D eigenvalue weighted by atomic mass is 79.9. The zero-order valence-electron chi connectivity index (χ0n) is 7.95. The molecule has 0 radical (unpaired) electrons. The predicted molar refractivity (Wildman–Crippen MR) is 54.8 cm³/mol. The lowest BCUT2D eigenvalue weighted by atomic mass is 10.1. The Morgan fingerprint density at radius 1 is 1.56 bits per heavy atom. The van der Waals surface area contributed by atoms with Gasteiger partial charge in [0.05, 0.1) is 17.7 Å². The lowest BCUT2D eigenvalue weighted by Gasteiger charge is -2.11. The average molecular weight is 296 g/mol. The lowest BCUT2D eigenvalue weighted by molar-refractivity contribution is -0.136. The molecule has 0 aliphatic heterocycles. The van der Waals surface area contributed by atoms with E-state index >= 15 is 0 Å². The van der Waals surface area contributed by atoms with E-state index in [1.165, 1.54) is 0 Å². The number of aromatic hydroxyl groups is 1. The topological polar surface area (TPSA) is 70.4 Å². The second kappa shape index (κ2) is 5.20. The first-order valence-electron chi connectivity index (χ1n) is 4.22. The molecule has 1 aromatic rings. The van der Waals surface area contributed by atoms with E-state index in [2.05, 4.69) is 20.9 Å². The molecule has 2 N–H and O–H groups in total. The molecule has 1 heterocycles. The van der Waals surface area contributed by atoms with Gasteiger partial charge < -0.3 is 10.2 Å². The van der Waals surface area contributed by atoms with Crippen LogP contribution < -0.4 is 0 Å². The average Bonchev–Trinajstić information content (AvgIpc) is 2.16. The van der Waals surface area contributed by atoms with Gasteiger partial charge in [0, 0.05) is 11.5 Å². The fraction of sp³-hybridized carbons (Fsp3) is 0.333. The minimum atomic E-state index is -2.94. The Kier molecular flexibility index (Phi) is 4.17. The first kappa shape index (κ1) is 12.8. The Bertz CT molecular complexity index is 412. The minimum Gasteiger partial charge on any atom is -0.505 e. The van der Waals surface area contributed by atoms with Crippen LogP contribution in [0.2, 0.25) is 0 Å². The Balaban J connectivity index is 3.28. The third-order valence-electron chi connectivity index (χ3n) is 1.94. The van der Waals surface area contributed by atoms with Crippen molar-refractivity contribution in [2.45, 2.75) is 18.2 Å². The number of hydrogen-bond donors (Lipinski definition) is 2. The third-order valence-corrected chi connectivity index (χ3v) is 2.47. The van der Waals surface area contributed by atoms with Crippen molar-refractivity contribution in [1.82, 2.24) is 4.98 Å². The number of aliphatic carboxylic acids is 1. The standard InChI is InChI=1S/C9H8BrF2NO3/c10-2-5-8(16)7(9(11)12)4(3-13-5)1-6(14)15/h3,9,16H,1-2H2,(H,14,15). The molecule has 0 spiro atoms. The highest BCUT2D eigenvalue weighted by Gasteiger charge is 2.22. The van der Waals surface area contributed by atoms with Crippen molar-refractivity contribution in [3.8, 4) is 5.75 Å². The van der Waals surface area contributed by atoms with E-state index in [0.717, 1.165) is 6.20 Å². The number of carboxylic acids is 1. The van der Waals surface area contributed by atoms with Crippen LogP contribution in [0.25, 0.3) is 0 Å². The second-order valence-corrected chi connectivity index (χ2v) is 3.56. The molecular weight excluding hydrogens is 288 g/mol. The smallest absolute Gasteiger partial charge is 0.307 e. The first-order chi connectivity index (χ1) is 7.47. The van der Waals surface area contributed by atoms with Crippen molar-refractivity contribution < 1.29 is 23.8 Å². The highest BCUT2D eigenvalue weighted by molar-refractivity contribution is 9.08. The molecule has 4 nitrogen and oxygen atoms in total. The van der Waals surface area contributed by atoms with Crippen LogP contribution in [-0.4, -0.2) is 21.2 Å². The van der Waals surface area contributed by atoms with E-state index in [0.29, 0.717) is 0 Å². The number of pyridine rings is 1. The molecule has 0 bridgehead atoms. The van der Waals surface area contributed by atoms with Gasteiger partial charge in [-0.15, -0.1) is 0 Å². The maximum atomic E-state index is 12.7. The van der Waals surface area contributed by atoms with Gasteiger partial charge in [0.1, 0.15) is 5.75 Å². The molecule has 0 atom stereocenters. The maximum Gasteiger partial charge on any atom is 0.307 e. The quantitative estimate of drug-likeness (QED) is 0.836. The Morgan fingerprint density at radius 2 is 2.19 bits per heavy atom. The molecule has 7 heteroatoms. The van der Waals surface area contributed by atoms with Gasteiger partial charge in [0.15, 0.2) is 0 Å². The molecule has 16 heavy (non-hydrogen) atoms. The molecule has 0 aromatic carbocycles. The normalized spacial score (nSPS) is 10.8. The number of alkyl halides is 3. The molecule has 1 aromatic heterocycles. The van der Waals surface area contributed by atoms with Crippen molar-refractivity contribution in [2.24, 2.45) is 0 Å². The summed E-state index contributed by atoms with van der Waals surface area (Å²) in [7, 11) is 0. The van der Waals surface area contributed by atoms with Gasteiger partial charge in [0.25, 0.3) is 6.43 Å². The van der Waals surface area contributed by atoms with Gasteiger partial charge in [-0.1, -0.05) is 15.9 Å². The molecule has 88 valence electrons. The van der Waals surface area contributed by atoms with Crippen LogP contribution in [0.15, 0.2) is 6.20 Å². The van der Waals surface area contributed by atoms with Gasteiger partial charge in [0.2, 0.25) is 0 Å². The van der Waals surface area contributed by atoms with Gasteiger partial charge >= 0.3 is 5.97 Å². The summed E-state index contributed by atoms with van der Waals surface area (Å²) in [5, 5.41) is 18.1. The van der Waals surface area contributed by atoms with E-state index in [9.17, 15) is 18.7 Å². The summed E-state index contributed by atoms with van der Waals surface area (Å²) in [6, 6.07) is 0. The Hall–Kier alpha value is -1.24. The van der Waals surface area contributed by atoms with Crippen molar-refractivity contribution in [3.05, 3.63) is 23.0 Å². The molecule has 0 fully saturated rings. The van der Waals surface area contributed by atoms with Crippen molar-refractivity contribution in [2.75, 3.05) is 0 Å². The first-order valence-corrected chi connectivity index (χ1v) is 5.35. The number of nitrogens with zero attached hydrogens (tertiary/aromatic N) is 1. The lowest BCUT2D eigenvalue weighted by Crippen LogP contribution is -2.06. The number of carboxylic acid groups (broad SMARTS) is 1. The summed E-state index contributed by atoms with van der Waals surface area (Å²) in [5.41, 5.74) is -0.777. The van der Waals surface area contributed by atoms with Crippen LogP contribution >= 0.6 is 15.9 Å². The molecule has 0 aliphatic rings. The van der Waals surface area contributed by atoms with Crippen LogP contribution in [-0.2, 0) is 16.5 Å². The van der Waals surface area contributed by atoms with Crippen molar-refractivity contribution in [1.29, 1.82) is 0 Å². The van der Waals surface area contributed by atoms with Gasteiger partial charge in [-0.05, 0) is 5.56 Å². The van der Waals surface area contributed by atoms with E-state index in [4.69, 9.17) is 5.11 Å². The Labute approximate surface area is 98.1 Å². The van der Waals surface area contributed by atoms with Crippen LogP contribution in [0.4, 0.5) is 8.78 Å². The summed E-state index contributed by atoms with van der Waals surface area (Å²) in [6.07, 6.45) is -2.48. The molecule has 0 saturated carbocycles. The number of carbonyl (C=O) groups is 1. The number of halogens is 3. The van der Waals surface area contributed by atoms with E-state index in [-0.39, 0.29) is 16.6 Å². The fourth-order valence-electron chi connectivity index (χ4n) is 1.24. The van der Waals surface area contributed by atoms with Gasteiger partial charge in [-0.25, -0.2) is 8.78 Å². The predicted octanol–water partition coefficient (Wildman–Crippen LogP) is 2.25. The second-order valence-electron chi connectivity index (χ2n) is 3.00. The third kappa shape index (κ3) is 2.66.